The van der Waals surface area contributed by atoms with Gasteiger partial charge in [0.2, 0.25) is 11.8 Å². The second-order valence-corrected chi connectivity index (χ2v) is 4.88. The summed E-state index contributed by atoms with van der Waals surface area (Å²) in [5.41, 5.74) is 5.70. The maximum atomic E-state index is 12.1. The van der Waals surface area contributed by atoms with Crippen LogP contribution in [0.2, 0.25) is 0 Å². The first-order valence-corrected chi connectivity index (χ1v) is 6.86. The van der Waals surface area contributed by atoms with E-state index in [2.05, 4.69) is 5.32 Å². The maximum Gasteiger partial charge on any atom is 0.322 e. The van der Waals surface area contributed by atoms with Gasteiger partial charge in [-0.05, 0) is 6.07 Å². The van der Waals surface area contributed by atoms with Crippen LogP contribution < -0.4 is 11.1 Å². The number of nitrogens with zero attached hydrogens (tertiary/aromatic N) is 1. The Hall–Kier alpha value is -2.65. The monoisotopic (exact) mass is 323 g/mol. The van der Waals surface area contributed by atoms with Gasteiger partial charge in [0.1, 0.15) is 18.3 Å². The van der Waals surface area contributed by atoms with Crippen LogP contribution in [0.25, 0.3) is 0 Å². The molecule has 1 saturated heterocycles. The number of aromatic hydroxyl groups is 1. The van der Waals surface area contributed by atoms with E-state index in [-0.39, 0.29) is 18.9 Å². The van der Waals surface area contributed by atoms with Gasteiger partial charge in [0.05, 0.1) is 13.2 Å². The summed E-state index contributed by atoms with van der Waals surface area (Å²) in [4.78, 5) is 35.9. The highest BCUT2D eigenvalue weighted by atomic mass is 16.5. The Balaban J connectivity index is 2.25. The van der Waals surface area contributed by atoms with Gasteiger partial charge in [-0.25, -0.2) is 0 Å². The molecule has 0 bridgehead atoms. The third kappa shape index (κ3) is 3.58. The molecular formula is C14H17N3O6. The quantitative estimate of drug-likeness (QED) is 0.532. The minimum absolute atomic E-state index is 0.0843. The molecule has 1 aromatic carbocycles. The number of carbonyl (C=O) groups excluding carboxylic acids is 2. The Labute approximate surface area is 131 Å². The summed E-state index contributed by atoms with van der Waals surface area (Å²) in [7, 11) is 0. The number of carboxylic acids is 1. The van der Waals surface area contributed by atoms with E-state index in [1.165, 1.54) is 6.07 Å². The predicted molar refractivity (Wildman–Crippen MR) is 77.1 cm³/mol. The minimum Gasteiger partial charge on any atom is -0.507 e. The Kier molecular flexibility index (Phi) is 5.14. The zero-order valence-corrected chi connectivity index (χ0v) is 12.1. The van der Waals surface area contributed by atoms with Gasteiger partial charge >= 0.3 is 5.97 Å². The molecule has 23 heavy (non-hydrogen) atoms. The molecule has 1 heterocycles. The predicted octanol–water partition coefficient (Wildman–Crippen LogP) is -1.22. The summed E-state index contributed by atoms with van der Waals surface area (Å²) in [6.07, 6.45) is -0.965. The third-order valence-corrected chi connectivity index (χ3v) is 3.38. The molecule has 0 saturated carbocycles. The molecule has 1 aromatic rings. The minimum atomic E-state index is -1.20. The molecule has 0 aromatic heterocycles. The lowest BCUT2D eigenvalue weighted by atomic mass is 10.1. The van der Waals surface area contributed by atoms with E-state index in [1.807, 2.05) is 0 Å². The number of amides is 2. The Bertz CT molecular complexity index is 620. The van der Waals surface area contributed by atoms with Gasteiger partial charge in [-0.2, -0.15) is 0 Å². The fourth-order valence-corrected chi connectivity index (χ4v) is 2.33. The molecule has 2 amide bonds. The fourth-order valence-electron chi connectivity index (χ4n) is 2.33. The largest absolute Gasteiger partial charge is 0.507 e. The zero-order valence-electron chi connectivity index (χ0n) is 12.1. The van der Waals surface area contributed by atoms with Crippen LogP contribution in [0.4, 0.5) is 0 Å². The number of nitrogens with one attached hydrogen (secondary N) is 1. The van der Waals surface area contributed by atoms with Crippen LogP contribution in [-0.2, 0) is 19.1 Å². The van der Waals surface area contributed by atoms with Gasteiger partial charge in [0.25, 0.3) is 0 Å². The standard InChI is InChI=1S/C14H17N3O6/c15-5-11(19)17-9(13(22)16-6-12(20)21)7-23-14(17)8-3-1-2-4-10(8)18/h1-4,9,14,18H,5-7,15H2,(H,16,22)(H,20,21)/t9-,14?/m0/s1. The summed E-state index contributed by atoms with van der Waals surface area (Å²) in [6.45, 7) is -1.05. The number of phenols is 1. The molecule has 0 spiro atoms. The van der Waals surface area contributed by atoms with Gasteiger partial charge in [0, 0.05) is 5.56 Å². The number of para-hydroxylation sites is 1. The highest BCUT2D eigenvalue weighted by molar-refractivity contribution is 5.90. The summed E-state index contributed by atoms with van der Waals surface area (Å²) in [6, 6.07) is 5.24. The van der Waals surface area contributed by atoms with Crippen LogP contribution in [0.3, 0.4) is 0 Å². The molecule has 2 atom stereocenters. The normalized spacial score (nSPS) is 20.3. The number of carbonyl (C=O) groups is 3. The van der Waals surface area contributed by atoms with E-state index < -0.39 is 36.6 Å². The lowest BCUT2D eigenvalue weighted by Crippen LogP contribution is -2.50. The highest BCUT2D eigenvalue weighted by Crippen LogP contribution is 2.35. The number of carboxylic acid groups (broad SMARTS) is 1. The van der Waals surface area contributed by atoms with Crippen LogP contribution in [0, 0.1) is 0 Å². The lowest BCUT2D eigenvalue weighted by molar-refractivity contribution is -0.142. The number of rotatable bonds is 5. The number of hydrogen-bond donors (Lipinski definition) is 4. The van der Waals surface area contributed by atoms with Crippen LogP contribution >= 0.6 is 0 Å². The molecule has 1 aliphatic heterocycles. The molecule has 5 N–H and O–H groups in total. The first kappa shape index (κ1) is 16.7. The van der Waals surface area contributed by atoms with E-state index >= 15 is 0 Å². The number of aliphatic carboxylic acids is 1. The van der Waals surface area contributed by atoms with Crippen molar-refractivity contribution >= 4 is 17.8 Å². The van der Waals surface area contributed by atoms with E-state index in [9.17, 15) is 19.5 Å². The summed E-state index contributed by atoms with van der Waals surface area (Å²) >= 11 is 0. The molecule has 2 rings (SSSR count). The first-order chi connectivity index (χ1) is 11.0. The van der Waals surface area contributed by atoms with Crippen molar-refractivity contribution in [1.29, 1.82) is 0 Å². The van der Waals surface area contributed by atoms with Crippen molar-refractivity contribution in [3.8, 4) is 5.75 Å². The zero-order chi connectivity index (χ0) is 17.0. The number of nitrogens with two attached hydrogens (primary N) is 1. The van der Waals surface area contributed by atoms with Crippen LogP contribution in [0.1, 0.15) is 11.8 Å². The number of hydrogen-bond acceptors (Lipinski definition) is 6. The second kappa shape index (κ2) is 7.07. The first-order valence-electron chi connectivity index (χ1n) is 6.86. The van der Waals surface area contributed by atoms with Gasteiger partial charge in [0.15, 0.2) is 6.23 Å². The molecule has 1 unspecified atom stereocenters. The van der Waals surface area contributed by atoms with E-state index in [1.54, 1.807) is 18.2 Å². The smallest absolute Gasteiger partial charge is 0.322 e. The summed E-state index contributed by atoms with van der Waals surface area (Å²) < 4.78 is 5.48. The average Bonchev–Trinajstić information content (AvgIpc) is 2.97. The molecule has 9 nitrogen and oxygen atoms in total. The molecule has 0 aliphatic carbocycles. The number of benzene rings is 1. The average molecular weight is 323 g/mol. The van der Waals surface area contributed by atoms with Crippen molar-refractivity contribution in [3.63, 3.8) is 0 Å². The van der Waals surface area contributed by atoms with Crippen LogP contribution in [0.5, 0.6) is 5.75 Å². The Morgan fingerprint density at radius 2 is 2.04 bits per heavy atom. The SMILES string of the molecule is NCC(=O)N1C(c2ccccc2O)OC[C@H]1C(=O)NCC(=O)O. The molecule has 0 radical (unpaired) electrons. The maximum absolute atomic E-state index is 12.1. The van der Waals surface area contributed by atoms with Crippen molar-refractivity contribution in [2.45, 2.75) is 12.3 Å². The van der Waals surface area contributed by atoms with Crippen molar-refractivity contribution in [3.05, 3.63) is 29.8 Å². The number of ether oxygens (including phenoxy) is 1. The van der Waals surface area contributed by atoms with Crippen molar-refractivity contribution in [2.24, 2.45) is 5.73 Å². The third-order valence-electron chi connectivity index (χ3n) is 3.38. The van der Waals surface area contributed by atoms with E-state index in [0.29, 0.717) is 5.56 Å². The summed E-state index contributed by atoms with van der Waals surface area (Å²) in [5.74, 6) is -2.50. The Morgan fingerprint density at radius 1 is 1.35 bits per heavy atom. The van der Waals surface area contributed by atoms with Crippen LogP contribution in [0.15, 0.2) is 24.3 Å². The molecule has 1 fully saturated rings. The van der Waals surface area contributed by atoms with Gasteiger partial charge in [-0.15, -0.1) is 0 Å². The van der Waals surface area contributed by atoms with Crippen molar-refractivity contribution < 1.29 is 29.3 Å². The Morgan fingerprint density at radius 3 is 2.65 bits per heavy atom. The molecule has 9 heteroatoms. The van der Waals surface area contributed by atoms with Gasteiger partial charge < -0.3 is 26.0 Å². The van der Waals surface area contributed by atoms with Crippen LogP contribution in [-0.4, -0.2) is 58.6 Å². The molecule has 124 valence electrons. The van der Waals surface area contributed by atoms with E-state index in [0.717, 1.165) is 4.90 Å². The van der Waals surface area contributed by atoms with Gasteiger partial charge in [-0.3, -0.25) is 19.3 Å². The van der Waals surface area contributed by atoms with Gasteiger partial charge in [-0.1, -0.05) is 18.2 Å². The fraction of sp³-hybridized carbons (Fsp3) is 0.357. The van der Waals surface area contributed by atoms with Crippen molar-refractivity contribution in [1.82, 2.24) is 10.2 Å². The topological polar surface area (TPSA) is 142 Å². The lowest BCUT2D eigenvalue weighted by Gasteiger charge is -2.27. The molecular weight excluding hydrogens is 306 g/mol. The second-order valence-electron chi connectivity index (χ2n) is 4.88. The highest BCUT2D eigenvalue weighted by Gasteiger charge is 2.43. The van der Waals surface area contributed by atoms with E-state index in [4.69, 9.17) is 15.6 Å². The summed E-state index contributed by atoms with van der Waals surface area (Å²) in [5, 5.41) is 20.7. The number of phenolic OH excluding ortho intramolecular Hbond substituents is 1. The molecule has 1 aliphatic rings. The van der Waals surface area contributed by atoms with Crippen molar-refractivity contribution in [2.75, 3.05) is 19.7 Å².